The molecule has 0 spiro atoms. The lowest BCUT2D eigenvalue weighted by Gasteiger charge is -2.18. The van der Waals surface area contributed by atoms with E-state index < -0.39 is 6.10 Å². The maximum Gasteiger partial charge on any atom is 0.306 e. The van der Waals surface area contributed by atoms with Crippen molar-refractivity contribution in [1.82, 2.24) is 0 Å². The van der Waals surface area contributed by atoms with Crippen molar-refractivity contribution >= 4 is 17.9 Å². The van der Waals surface area contributed by atoms with Crippen LogP contribution in [0.3, 0.4) is 0 Å². The second-order valence-electron chi connectivity index (χ2n) is 18.1. The van der Waals surface area contributed by atoms with Crippen LogP contribution in [0, 0.1) is 0 Å². The predicted molar refractivity (Wildman–Crippen MR) is 279 cm³/mol. The molecule has 0 aromatic heterocycles. The number of esters is 3. The Balaban J connectivity index is 4.29. The number of rotatable bonds is 49. The van der Waals surface area contributed by atoms with Crippen LogP contribution in [0.1, 0.15) is 265 Å². The lowest BCUT2D eigenvalue weighted by molar-refractivity contribution is -0.167. The molecule has 0 aromatic carbocycles. The van der Waals surface area contributed by atoms with Gasteiger partial charge < -0.3 is 14.2 Å². The van der Waals surface area contributed by atoms with Gasteiger partial charge in [-0.2, -0.15) is 0 Å². The van der Waals surface area contributed by atoms with E-state index in [1.807, 2.05) is 0 Å². The van der Waals surface area contributed by atoms with Gasteiger partial charge in [0.05, 0.1) is 0 Å². The number of ether oxygens (including phenoxy) is 3. The van der Waals surface area contributed by atoms with Gasteiger partial charge in [-0.3, -0.25) is 14.4 Å². The monoisotopic (exact) mass is 907 g/mol. The summed E-state index contributed by atoms with van der Waals surface area (Å²) in [7, 11) is 0. The van der Waals surface area contributed by atoms with Crippen molar-refractivity contribution in [2.24, 2.45) is 0 Å². The molecule has 0 aliphatic heterocycles. The highest BCUT2D eigenvalue weighted by Crippen LogP contribution is 2.15. The molecule has 374 valence electrons. The van der Waals surface area contributed by atoms with Crippen LogP contribution in [0.15, 0.2) is 72.9 Å². The molecular weight excluding hydrogens is 805 g/mol. The molecule has 0 aliphatic rings. The van der Waals surface area contributed by atoms with E-state index >= 15 is 0 Å². The van der Waals surface area contributed by atoms with Gasteiger partial charge in [-0.05, 0) is 103 Å². The number of unbranched alkanes of at least 4 members (excludes halogenated alkanes) is 26. The summed E-state index contributed by atoms with van der Waals surface area (Å²) in [4.78, 5) is 38.0. The lowest BCUT2D eigenvalue weighted by atomic mass is 10.0. The fourth-order valence-electron chi connectivity index (χ4n) is 7.53. The first-order chi connectivity index (χ1) is 32.0. The van der Waals surface area contributed by atoms with Crippen molar-refractivity contribution < 1.29 is 28.6 Å². The Morgan fingerprint density at radius 2 is 0.615 bits per heavy atom. The zero-order chi connectivity index (χ0) is 47.2. The molecule has 0 saturated heterocycles. The average Bonchev–Trinajstić information content (AvgIpc) is 3.30. The summed E-state index contributed by atoms with van der Waals surface area (Å²) >= 11 is 0. The zero-order valence-electron chi connectivity index (χ0n) is 42.7. The second kappa shape index (κ2) is 53.5. The number of carbonyl (C=O) groups is 3. The molecule has 0 bridgehead atoms. The average molecular weight is 907 g/mol. The highest BCUT2D eigenvalue weighted by atomic mass is 16.6. The van der Waals surface area contributed by atoms with E-state index in [4.69, 9.17) is 14.2 Å². The standard InChI is InChI=1S/C59H102O6/c1-4-7-10-13-16-19-22-24-25-26-27-28-29-30-31-32-33-35-37-40-43-46-49-52-58(61)64-55-56(54-63-57(60)51-48-45-42-39-36-21-18-15-12-9-6-3)65-59(62)53-50-47-44-41-38-34-23-20-17-14-11-8-5-2/h8,11,15,17-18,20,22,24,26-27,34,38,56H,4-7,9-10,12-14,16,19,21,23,25,28-33,35-37,39-55H2,1-3H3/b11-8-,18-15-,20-17-,24-22-,27-26-,38-34-. The first-order valence-electron chi connectivity index (χ1n) is 27.4. The minimum atomic E-state index is -0.793. The van der Waals surface area contributed by atoms with Gasteiger partial charge in [-0.25, -0.2) is 0 Å². The summed E-state index contributed by atoms with van der Waals surface area (Å²) in [5, 5.41) is 0. The van der Waals surface area contributed by atoms with Crippen LogP contribution in [0.5, 0.6) is 0 Å². The first kappa shape index (κ1) is 61.9. The molecule has 0 radical (unpaired) electrons. The first-order valence-corrected chi connectivity index (χ1v) is 27.4. The Morgan fingerprint density at radius 3 is 1.02 bits per heavy atom. The zero-order valence-corrected chi connectivity index (χ0v) is 42.7. The molecular formula is C59H102O6. The topological polar surface area (TPSA) is 78.9 Å². The second-order valence-corrected chi connectivity index (χ2v) is 18.1. The highest BCUT2D eigenvalue weighted by Gasteiger charge is 2.19. The van der Waals surface area contributed by atoms with E-state index in [1.165, 1.54) is 128 Å². The SMILES string of the molecule is CC/C=C\C/C=C\C/C=C\CCCCCC(=O)OC(COC(=O)CCCCCCC/C=C\CCCC)COC(=O)CCCCCCCCCCCCC/C=C\C/C=C\CCCCCCC. The molecule has 0 fully saturated rings. The number of hydrogen-bond acceptors (Lipinski definition) is 6. The van der Waals surface area contributed by atoms with Crippen LogP contribution in [0.4, 0.5) is 0 Å². The molecule has 1 unspecified atom stereocenters. The van der Waals surface area contributed by atoms with E-state index in [0.29, 0.717) is 19.3 Å². The normalized spacial score (nSPS) is 12.6. The molecule has 65 heavy (non-hydrogen) atoms. The molecule has 0 N–H and O–H groups in total. The minimum Gasteiger partial charge on any atom is -0.462 e. The maximum atomic E-state index is 12.8. The summed E-state index contributed by atoms with van der Waals surface area (Å²) in [6, 6.07) is 0. The number of allylic oxidation sites excluding steroid dienone is 12. The van der Waals surface area contributed by atoms with E-state index in [-0.39, 0.29) is 31.1 Å². The molecule has 6 nitrogen and oxygen atoms in total. The minimum absolute atomic E-state index is 0.0907. The predicted octanol–water partition coefficient (Wildman–Crippen LogP) is 18.2. The van der Waals surface area contributed by atoms with E-state index in [9.17, 15) is 14.4 Å². The largest absolute Gasteiger partial charge is 0.462 e. The summed E-state index contributed by atoms with van der Waals surface area (Å²) in [5.74, 6) is -0.930. The van der Waals surface area contributed by atoms with Crippen molar-refractivity contribution in [3.63, 3.8) is 0 Å². The van der Waals surface area contributed by atoms with Crippen molar-refractivity contribution in [1.29, 1.82) is 0 Å². The van der Waals surface area contributed by atoms with Crippen LogP contribution in [-0.4, -0.2) is 37.2 Å². The van der Waals surface area contributed by atoms with Crippen molar-refractivity contribution in [2.75, 3.05) is 13.2 Å². The van der Waals surface area contributed by atoms with Crippen LogP contribution in [-0.2, 0) is 28.6 Å². The van der Waals surface area contributed by atoms with Crippen molar-refractivity contribution in [3.05, 3.63) is 72.9 Å². The van der Waals surface area contributed by atoms with Gasteiger partial charge in [-0.1, -0.05) is 216 Å². The molecule has 0 amide bonds. The third kappa shape index (κ3) is 51.7. The molecule has 0 aromatic rings. The highest BCUT2D eigenvalue weighted by molar-refractivity contribution is 5.71. The van der Waals surface area contributed by atoms with Crippen LogP contribution >= 0.6 is 0 Å². The number of carbonyl (C=O) groups excluding carboxylic acids is 3. The number of hydrogen-bond donors (Lipinski definition) is 0. The molecule has 1 atom stereocenters. The van der Waals surface area contributed by atoms with Crippen molar-refractivity contribution in [3.8, 4) is 0 Å². The third-order valence-electron chi connectivity index (χ3n) is 11.7. The Morgan fingerprint density at radius 1 is 0.323 bits per heavy atom. The third-order valence-corrected chi connectivity index (χ3v) is 11.7. The summed E-state index contributed by atoms with van der Waals surface area (Å²) in [6.07, 6.45) is 67.6. The van der Waals surface area contributed by atoms with Gasteiger partial charge >= 0.3 is 17.9 Å². The van der Waals surface area contributed by atoms with Gasteiger partial charge in [0.15, 0.2) is 6.10 Å². The Bertz CT molecular complexity index is 1230. The van der Waals surface area contributed by atoms with Gasteiger partial charge in [0.25, 0.3) is 0 Å². The maximum absolute atomic E-state index is 12.8. The van der Waals surface area contributed by atoms with Crippen LogP contribution < -0.4 is 0 Å². The molecule has 0 saturated carbocycles. The molecule has 0 aliphatic carbocycles. The quantitative estimate of drug-likeness (QED) is 0.0262. The van der Waals surface area contributed by atoms with Gasteiger partial charge in [-0.15, -0.1) is 0 Å². The molecule has 0 heterocycles. The smallest absolute Gasteiger partial charge is 0.306 e. The van der Waals surface area contributed by atoms with E-state index in [0.717, 1.165) is 96.3 Å². The van der Waals surface area contributed by atoms with Gasteiger partial charge in [0.2, 0.25) is 0 Å². The fourth-order valence-corrected chi connectivity index (χ4v) is 7.53. The van der Waals surface area contributed by atoms with Crippen LogP contribution in [0.25, 0.3) is 0 Å². The van der Waals surface area contributed by atoms with E-state index in [2.05, 4.69) is 93.7 Å². The van der Waals surface area contributed by atoms with Crippen molar-refractivity contribution in [2.45, 2.75) is 271 Å². The molecule has 0 rings (SSSR count). The summed E-state index contributed by atoms with van der Waals surface area (Å²) < 4.78 is 16.8. The lowest BCUT2D eigenvalue weighted by Crippen LogP contribution is -2.30. The molecule has 6 heteroatoms. The summed E-state index contributed by atoms with van der Waals surface area (Å²) in [5.41, 5.74) is 0. The summed E-state index contributed by atoms with van der Waals surface area (Å²) in [6.45, 7) is 6.45. The Labute approximate surface area is 402 Å². The van der Waals surface area contributed by atoms with E-state index in [1.54, 1.807) is 0 Å². The Hall–Kier alpha value is -3.15. The van der Waals surface area contributed by atoms with Gasteiger partial charge in [0, 0.05) is 19.3 Å². The Kier molecular flexibility index (Phi) is 50.9. The van der Waals surface area contributed by atoms with Crippen LogP contribution in [0.2, 0.25) is 0 Å². The fraction of sp³-hybridized carbons (Fsp3) is 0.746. The van der Waals surface area contributed by atoms with Gasteiger partial charge in [0.1, 0.15) is 13.2 Å².